The van der Waals surface area contributed by atoms with Gasteiger partial charge in [-0.25, -0.2) is 0 Å². The van der Waals surface area contributed by atoms with Gasteiger partial charge in [-0.1, -0.05) is 17.7 Å². The predicted molar refractivity (Wildman–Crippen MR) is 78.2 cm³/mol. The Hall–Kier alpha value is -1.03. The maximum absolute atomic E-state index is 10.9. The lowest BCUT2D eigenvalue weighted by atomic mass is 9.79. The van der Waals surface area contributed by atoms with E-state index in [1.807, 2.05) is 23.6 Å². The molecular weight excluding hydrogens is 280 g/mol. The molecule has 0 radical (unpaired) electrons. The fourth-order valence-corrected chi connectivity index (χ4v) is 4.06. The van der Waals surface area contributed by atoms with E-state index in [9.17, 15) is 5.11 Å². The number of aryl methyl sites for hydroxylation is 1. The summed E-state index contributed by atoms with van der Waals surface area (Å²) in [4.78, 5) is 0.877. The van der Waals surface area contributed by atoms with E-state index < -0.39 is 5.60 Å². The molecule has 2 nitrogen and oxygen atoms in total. The molecule has 4 heteroatoms. The van der Waals surface area contributed by atoms with Crippen LogP contribution in [-0.4, -0.2) is 12.2 Å². The normalized spacial score (nSPS) is 22.1. The number of hydrogen-bond acceptors (Lipinski definition) is 3. The van der Waals surface area contributed by atoms with Crippen molar-refractivity contribution in [3.8, 4) is 5.75 Å². The summed E-state index contributed by atoms with van der Waals surface area (Å²) >= 11 is 7.70. The number of hydrogen-bond donors (Lipinski definition) is 1. The van der Waals surface area contributed by atoms with Crippen molar-refractivity contribution in [3.05, 3.63) is 50.7 Å². The summed E-state index contributed by atoms with van der Waals surface area (Å²) in [6.45, 7) is 0. The molecule has 1 aromatic carbocycles. The number of fused-ring (bicyclic) bond motifs is 1. The molecule has 0 saturated carbocycles. The van der Waals surface area contributed by atoms with Crippen molar-refractivity contribution < 1.29 is 9.84 Å². The van der Waals surface area contributed by atoms with Crippen LogP contribution in [0.1, 0.15) is 22.4 Å². The third kappa shape index (κ3) is 2.27. The maximum Gasteiger partial charge on any atom is 0.119 e. The van der Waals surface area contributed by atoms with Crippen molar-refractivity contribution in [3.63, 3.8) is 0 Å². The number of aliphatic hydroxyl groups is 1. The largest absolute Gasteiger partial charge is 0.497 e. The van der Waals surface area contributed by atoms with Gasteiger partial charge in [-0.3, -0.25) is 0 Å². The lowest BCUT2D eigenvalue weighted by Gasteiger charge is -2.33. The van der Waals surface area contributed by atoms with Crippen molar-refractivity contribution >= 4 is 22.9 Å². The average Bonchev–Trinajstić information content (AvgIpc) is 2.85. The molecule has 1 heterocycles. The Morgan fingerprint density at radius 1 is 1.32 bits per heavy atom. The minimum absolute atomic E-state index is 0.597. The molecule has 0 bridgehead atoms. The molecule has 1 atom stereocenters. The van der Waals surface area contributed by atoms with Gasteiger partial charge in [0.15, 0.2) is 0 Å². The zero-order valence-electron chi connectivity index (χ0n) is 10.6. The van der Waals surface area contributed by atoms with Crippen LogP contribution in [0.4, 0.5) is 0 Å². The first-order chi connectivity index (χ1) is 9.12. The molecule has 0 fully saturated rings. The highest BCUT2D eigenvalue weighted by Gasteiger charge is 2.36. The SMILES string of the molecule is COc1ccc2c(c1)CC(O)(c1sccc1Cl)CC2. The topological polar surface area (TPSA) is 29.5 Å². The van der Waals surface area contributed by atoms with E-state index in [1.54, 1.807) is 7.11 Å². The molecule has 1 aromatic heterocycles. The number of halogens is 1. The first-order valence-electron chi connectivity index (χ1n) is 6.24. The van der Waals surface area contributed by atoms with Crippen LogP contribution >= 0.6 is 22.9 Å². The van der Waals surface area contributed by atoms with Gasteiger partial charge < -0.3 is 9.84 Å². The Morgan fingerprint density at radius 3 is 2.84 bits per heavy atom. The second-order valence-electron chi connectivity index (χ2n) is 4.94. The first kappa shape index (κ1) is 13.0. The standard InChI is InChI=1S/C15H15ClO2S/c1-18-12-3-2-10-4-6-15(17,9-11(10)8-12)14-13(16)5-7-19-14/h2-3,5,7-8,17H,4,6,9H2,1H3. The first-order valence-corrected chi connectivity index (χ1v) is 7.50. The number of ether oxygens (including phenoxy) is 1. The Kier molecular flexibility index (Phi) is 3.29. The van der Waals surface area contributed by atoms with Crippen molar-refractivity contribution in [2.24, 2.45) is 0 Å². The predicted octanol–water partition coefficient (Wildman–Crippen LogP) is 3.79. The van der Waals surface area contributed by atoms with Crippen molar-refractivity contribution in [2.75, 3.05) is 7.11 Å². The van der Waals surface area contributed by atoms with E-state index in [0.717, 1.165) is 22.6 Å². The number of methoxy groups -OCH3 is 1. The third-order valence-corrected chi connectivity index (χ3v) is 5.28. The highest BCUT2D eigenvalue weighted by Crippen LogP contribution is 2.42. The molecule has 2 aromatic rings. The van der Waals surface area contributed by atoms with E-state index in [2.05, 4.69) is 6.07 Å². The van der Waals surface area contributed by atoms with Crippen molar-refractivity contribution in [1.29, 1.82) is 0 Å². The maximum atomic E-state index is 10.9. The Morgan fingerprint density at radius 2 is 2.16 bits per heavy atom. The van der Waals surface area contributed by atoms with Gasteiger partial charge in [0.05, 0.1) is 17.0 Å². The molecule has 1 N–H and O–H groups in total. The molecule has 19 heavy (non-hydrogen) atoms. The second kappa shape index (κ2) is 4.82. The molecule has 0 spiro atoms. The molecule has 0 saturated heterocycles. The Balaban J connectivity index is 1.99. The van der Waals surface area contributed by atoms with Crippen LogP contribution in [0.2, 0.25) is 5.02 Å². The van der Waals surface area contributed by atoms with Crippen LogP contribution in [0.5, 0.6) is 5.75 Å². The molecule has 100 valence electrons. The van der Waals surface area contributed by atoms with Crippen LogP contribution in [0.3, 0.4) is 0 Å². The van der Waals surface area contributed by atoms with Crippen LogP contribution < -0.4 is 4.74 Å². The van der Waals surface area contributed by atoms with Crippen LogP contribution in [0.15, 0.2) is 29.6 Å². The van der Waals surface area contributed by atoms with Gasteiger partial charge in [-0.2, -0.15) is 0 Å². The molecule has 0 amide bonds. The minimum Gasteiger partial charge on any atom is -0.497 e. The summed E-state index contributed by atoms with van der Waals surface area (Å²) in [7, 11) is 1.66. The quantitative estimate of drug-likeness (QED) is 0.913. The second-order valence-corrected chi connectivity index (χ2v) is 6.26. The lowest BCUT2D eigenvalue weighted by molar-refractivity contribution is 0.0260. The number of rotatable bonds is 2. The zero-order valence-corrected chi connectivity index (χ0v) is 12.2. The summed E-state index contributed by atoms with van der Waals surface area (Å²) in [6, 6.07) is 7.92. The van der Waals surface area contributed by atoms with Gasteiger partial charge >= 0.3 is 0 Å². The number of benzene rings is 1. The molecular formula is C15H15ClO2S. The Labute approximate surface area is 121 Å². The van der Waals surface area contributed by atoms with Crippen molar-refractivity contribution in [2.45, 2.75) is 24.9 Å². The monoisotopic (exact) mass is 294 g/mol. The molecule has 1 unspecified atom stereocenters. The summed E-state index contributed by atoms with van der Waals surface area (Å²) in [6.07, 6.45) is 2.18. The smallest absolute Gasteiger partial charge is 0.119 e. The molecule has 0 aliphatic heterocycles. The molecule has 1 aliphatic carbocycles. The highest BCUT2D eigenvalue weighted by molar-refractivity contribution is 7.10. The van der Waals surface area contributed by atoms with E-state index in [4.69, 9.17) is 16.3 Å². The summed E-state index contributed by atoms with van der Waals surface area (Å²) in [5.74, 6) is 0.834. The van der Waals surface area contributed by atoms with Gasteiger partial charge in [0.1, 0.15) is 11.4 Å². The van der Waals surface area contributed by atoms with Gasteiger partial charge in [0.25, 0.3) is 0 Å². The Bertz CT molecular complexity index is 608. The minimum atomic E-state index is -0.843. The van der Waals surface area contributed by atoms with E-state index >= 15 is 0 Å². The van der Waals surface area contributed by atoms with Crippen molar-refractivity contribution in [1.82, 2.24) is 0 Å². The van der Waals surface area contributed by atoms with Gasteiger partial charge in [-0.05, 0) is 47.5 Å². The zero-order chi connectivity index (χ0) is 13.5. The summed E-state index contributed by atoms with van der Waals surface area (Å²) < 4.78 is 5.26. The van der Waals surface area contributed by atoms with Crippen LogP contribution in [0, 0.1) is 0 Å². The van der Waals surface area contributed by atoms with E-state index in [1.165, 1.54) is 16.9 Å². The van der Waals surface area contributed by atoms with Gasteiger partial charge in [0.2, 0.25) is 0 Å². The van der Waals surface area contributed by atoms with E-state index in [0.29, 0.717) is 17.9 Å². The molecule has 3 rings (SSSR count). The summed E-state index contributed by atoms with van der Waals surface area (Å²) in [5, 5.41) is 13.5. The van der Waals surface area contributed by atoms with Gasteiger partial charge in [0, 0.05) is 6.42 Å². The fourth-order valence-electron chi connectivity index (χ4n) is 2.70. The molecule has 1 aliphatic rings. The summed E-state index contributed by atoms with van der Waals surface area (Å²) in [5.41, 5.74) is 1.60. The van der Waals surface area contributed by atoms with Gasteiger partial charge in [-0.15, -0.1) is 11.3 Å². The van der Waals surface area contributed by atoms with Crippen LogP contribution in [0.25, 0.3) is 0 Å². The lowest BCUT2D eigenvalue weighted by Crippen LogP contribution is -2.32. The van der Waals surface area contributed by atoms with Crippen LogP contribution in [-0.2, 0) is 18.4 Å². The fraction of sp³-hybridized carbons (Fsp3) is 0.333. The third-order valence-electron chi connectivity index (χ3n) is 3.74. The van der Waals surface area contributed by atoms with E-state index in [-0.39, 0.29) is 0 Å². The average molecular weight is 295 g/mol. The highest BCUT2D eigenvalue weighted by atomic mass is 35.5. The number of thiophene rings is 1.